The van der Waals surface area contributed by atoms with Crippen LogP contribution in [0.5, 0.6) is 0 Å². The lowest BCUT2D eigenvalue weighted by molar-refractivity contribution is -0.137. The maximum Gasteiger partial charge on any atom is 0.407 e. The number of carboxylic acids is 1. The first-order valence-corrected chi connectivity index (χ1v) is 12.0. The molecule has 0 bridgehead atoms. The summed E-state index contributed by atoms with van der Waals surface area (Å²) in [5.41, 5.74) is 1.47. The average Bonchev–Trinajstić information content (AvgIpc) is 3.31. The smallest absolute Gasteiger partial charge is 0.407 e. The van der Waals surface area contributed by atoms with Crippen LogP contribution in [0.25, 0.3) is 33.7 Å². The van der Waals surface area contributed by atoms with Crippen LogP contribution < -0.4 is 10.7 Å². The minimum Gasteiger partial charge on any atom is -0.481 e. The number of imidazole rings is 1. The monoisotopic (exact) mass is 554 g/mol. The van der Waals surface area contributed by atoms with E-state index in [1.165, 1.54) is 24.3 Å². The number of unbranched alkanes of at least 4 members (excludes halogenated alkanes) is 2. The molecule has 7 nitrogen and oxygen atoms in total. The Kier molecular flexibility index (Phi) is 8.17. The molecule has 0 unspecified atom stereocenters. The van der Waals surface area contributed by atoms with Crippen molar-refractivity contribution in [2.24, 2.45) is 4.99 Å². The predicted octanol–water partition coefficient (Wildman–Crippen LogP) is 6.48. The number of anilines is 1. The van der Waals surface area contributed by atoms with Gasteiger partial charge in [-0.2, -0.15) is 26.3 Å². The summed E-state index contributed by atoms with van der Waals surface area (Å²) in [7, 11) is 0. The number of hydrogen-bond donors (Lipinski definition) is 2. The molecule has 0 amide bonds. The molecule has 13 heteroatoms. The first-order chi connectivity index (χ1) is 18.4. The molecule has 4 rings (SSSR count). The van der Waals surface area contributed by atoms with E-state index in [0.29, 0.717) is 48.1 Å². The highest BCUT2D eigenvalue weighted by Crippen LogP contribution is 2.40. The van der Waals surface area contributed by atoms with Crippen molar-refractivity contribution in [3.63, 3.8) is 0 Å². The van der Waals surface area contributed by atoms with Crippen LogP contribution in [0.4, 0.5) is 32.0 Å². The number of benzene rings is 2. The summed E-state index contributed by atoms with van der Waals surface area (Å²) in [5.74, 6) is -0.158. The third-order valence-electron chi connectivity index (χ3n) is 5.87. The van der Waals surface area contributed by atoms with Gasteiger partial charge in [0.1, 0.15) is 30.3 Å². The fourth-order valence-electron chi connectivity index (χ4n) is 4.16. The Morgan fingerprint density at radius 3 is 2.54 bits per heavy atom. The molecule has 2 heterocycles. The number of nitrogens with one attached hydrogen (secondary N) is 1. The van der Waals surface area contributed by atoms with Crippen LogP contribution in [0.1, 0.15) is 25.7 Å². The van der Waals surface area contributed by atoms with Gasteiger partial charge in [0.15, 0.2) is 0 Å². The lowest BCUT2D eigenvalue weighted by Gasteiger charge is -2.17. The number of hydrogen-bond acceptors (Lipinski definition) is 5. The third kappa shape index (κ3) is 7.52. The Morgan fingerprint density at radius 2 is 1.82 bits per heavy atom. The summed E-state index contributed by atoms with van der Waals surface area (Å²) in [6, 6.07) is 8.81. The van der Waals surface area contributed by atoms with Gasteiger partial charge in [0.25, 0.3) is 0 Å². The van der Waals surface area contributed by atoms with Crippen molar-refractivity contribution < 1.29 is 40.7 Å². The second kappa shape index (κ2) is 11.4. The van der Waals surface area contributed by atoms with Gasteiger partial charge in [-0.1, -0.05) is 6.42 Å². The molecule has 1 aliphatic carbocycles. The number of carboxylic acid groups (broad SMARTS) is 1. The quantitative estimate of drug-likeness (QED) is 0.133. The van der Waals surface area contributed by atoms with Crippen LogP contribution in [-0.4, -0.2) is 46.1 Å². The van der Waals surface area contributed by atoms with Crippen molar-refractivity contribution >= 4 is 22.6 Å². The third-order valence-corrected chi connectivity index (χ3v) is 5.87. The number of carbonyl (C=O) groups is 1. The van der Waals surface area contributed by atoms with Gasteiger partial charge in [0, 0.05) is 59.7 Å². The number of rotatable bonds is 10. The van der Waals surface area contributed by atoms with Crippen LogP contribution in [0, 0.1) is 0 Å². The minimum atomic E-state index is -4.49. The number of fused-ring (bicyclic) bond motifs is 2. The summed E-state index contributed by atoms with van der Waals surface area (Å²) >= 11 is 0. The Morgan fingerprint density at radius 1 is 1.03 bits per heavy atom. The molecule has 1 aromatic carbocycles. The standard InChI is InChI=1S/C26H24F6N4O3/c27-25(28,29)14-34-16-5-7-18-20(12-16)39-21-13-17(35-15-26(30,31)32)6-8-19(21)23(18)24-33-9-11-36(24)10-3-1-2-4-22(37)38/h5-9,11-13,34H,1-4,10,14-15H2,(H,37,38). The van der Waals surface area contributed by atoms with Crippen LogP contribution in [-0.2, 0) is 11.3 Å². The van der Waals surface area contributed by atoms with Gasteiger partial charge in [-0.05, 0) is 37.1 Å². The Hall–Kier alpha value is -4.03. The van der Waals surface area contributed by atoms with Crippen molar-refractivity contribution in [3.05, 3.63) is 54.1 Å². The highest BCUT2D eigenvalue weighted by molar-refractivity contribution is 6.01. The second-order valence-corrected chi connectivity index (χ2v) is 8.92. The van der Waals surface area contributed by atoms with Gasteiger partial charge < -0.3 is 19.4 Å². The van der Waals surface area contributed by atoms with E-state index in [4.69, 9.17) is 9.52 Å². The van der Waals surface area contributed by atoms with Gasteiger partial charge in [-0.15, -0.1) is 0 Å². The van der Waals surface area contributed by atoms with E-state index in [9.17, 15) is 31.1 Å². The Balaban J connectivity index is 1.79. The minimum absolute atomic E-state index is 0.0296. The van der Waals surface area contributed by atoms with Crippen molar-refractivity contribution in [2.75, 3.05) is 18.4 Å². The number of nitrogens with zero attached hydrogens (tertiary/aromatic N) is 3. The topological polar surface area (TPSA) is 92.6 Å². The van der Waals surface area contributed by atoms with E-state index in [1.54, 1.807) is 24.5 Å². The molecular formula is C26H24F6N4O3. The van der Waals surface area contributed by atoms with E-state index in [0.717, 1.165) is 0 Å². The van der Waals surface area contributed by atoms with Crippen LogP contribution in [0.15, 0.2) is 58.2 Å². The first kappa shape index (κ1) is 28.0. The van der Waals surface area contributed by atoms with Gasteiger partial charge in [0.2, 0.25) is 0 Å². The van der Waals surface area contributed by atoms with E-state index in [-0.39, 0.29) is 28.8 Å². The number of alkyl halides is 6. The second-order valence-electron chi connectivity index (χ2n) is 8.92. The fraction of sp³-hybridized carbons (Fsp3) is 0.346. The summed E-state index contributed by atoms with van der Waals surface area (Å²) in [6.45, 7) is -2.11. The molecule has 0 atom stereocenters. The zero-order valence-corrected chi connectivity index (χ0v) is 20.4. The molecule has 2 N–H and O–H groups in total. The lowest BCUT2D eigenvalue weighted by Crippen LogP contribution is -2.21. The Labute approximate surface area is 218 Å². The lowest BCUT2D eigenvalue weighted by atomic mass is 9.98. The highest BCUT2D eigenvalue weighted by atomic mass is 19.4. The highest BCUT2D eigenvalue weighted by Gasteiger charge is 2.28. The molecule has 0 saturated heterocycles. The largest absolute Gasteiger partial charge is 0.481 e. The van der Waals surface area contributed by atoms with E-state index < -0.39 is 31.4 Å². The molecule has 39 heavy (non-hydrogen) atoms. The number of aliphatic carboxylic acids is 1. The Bertz CT molecular complexity index is 1490. The molecule has 0 spiro atoms. The summed E-state index contributed by atoms with van der Waals surface area (Å²) in [5, 5.41) is 11.7. The van der Waals surface area contributed by atoms with Crippen LogP contribution in [0.2, 0.25) is 0 Å². The normalized spacial score (nSPS) is 12.9. The van der Waals surface area contributed by atoms with Gasteiger partial charge in [-0.3, -0.25) is 9.79 Å². The van der Waals surface area contributed by atoms with E-state index >= 15 is 0 Å². The molecule has 2 aliphatic rings. The summed E-state index contributed by atoms with van der Waals surface area (Å²) in [4.78, 5) is 18.8. The maximum absolute atomic E-state index is 12.7. The number of halogens is 6. The molecular weight excluding hydrogens is 530 g/mol. The van der Waals surface area contributed by atoms with Crippen LogP contribution in [0.3, 0.4) is 0 Å². The summed E-state index contributed by atoms with van der Waals surface area (Å²) in [6.07, 6.45) is -3.66. The van der Waals surface area contributed by atoms with Crippen molar-refractivity contribution in [1.82, 2.24) is 9.55 Å². The van der Waals surface area contributed by atoms with Crippen molar-refractivity contribution in [3.8, 4) is 22.7 Å². The number of aryl methyl sites for hydroxylation is 1. The SMILES string of the molecule is O=C(O)CCCCCn1ccnc1-c1c2ccc(=NCC(F)(F)F)cc-2oc2cc(NCC(F)(F)F)ccc12. The van der Waals surface area contributed by atoms with Crippen LogP contribution >= 0.6 is 0 Å². The number of aromatic nitrogens is 2. The van der Waals surface area contributed by atoms with E-state index in [1.807, 2.05) is 4.57 Å². The maximum atomic E-state index is 12.7. The van der Waals surface area contributed by atoms with Crippen molar-refractivity contribution in [1.29, 1.82) is 0 Å². The van der Waals surface area contributed by atoms with Crippen molar-refractivity contribution in [2.45, 2.75) is 44.6 Å². The molecule has 208 valence electrons. The first-order valence-electron chi connectivity index (χ1n) is 12.0. The molecule has 0 radical (unpaired) electrons. The fourth-order valence-corrected chi connectivity index (χ4v) is 4.16. The molecule has 2 aromatic rings. The summed E-state index contributed by atoms with van der Waals surface area (Å²) < 4.78 is 84.1. The van der Waals surface area contributed by atoms with Gasteiger partial charge in [-0.25, -0.2) is 4.98 Å². The zero-order chi connectivity index (χ0) is 28.2. The zero-order valence-electron chi connectivity index (χ0n) is 20.4. The van der Waals surface area contributed by atoms with Gasteiger partial charge in [0.05, 0.1) is 5.36 Å². The molecule has 1 aromatic heterocycles. The van der Waals surface area contributed by atoms with E-state index in [2.05, 4.69) is 15.3 Å². The van der Waals surface area contributed by atoms with Gasteiger partial charge >= 0.3 is 18.3 Å². The molecule has 0 saturated carbocycles. The molecule has 0 fully saturated rings. The molecule has 1 aliphatic heterocycles. The predicted molar refractivity (Wildman–Crippen MR) is 131 cm³/mol. The average molecular weight is 554 g/mol.